The first-order chi connectivity index (χ1) is 7.53. The molecule has 2 aliphatic carbocycles. The number of carboxylic acids is 1. The Morgan fingerprint density at radius 1 is 1.44 bits per heavy atom. The van der Waals surface area contributed by atoms with Crippen molar-refractivity contribution in [1.82, 2.24) is 5.32 Å². The maximum Gasteiger partial charge on any atom is 0.310 e. The molecule has 1 amide bonds. The van der Waals surface area contributed by atoms with Crippen LogP contribution in [0.2, 0.25) is 0 Å². The molecule has 2 rings (SSSR count). The first-order valence-electron chi connectivity index (χ1n) is 6.04. The molecule has 16 heavy (non-hydrogen) atoms. The van der Waals surface area contributed by atoms with Gasteiger partial charge in [0.1, 0.15) is 0 Å². The van der Waals surface area contributed by atoms with Crippen molar-refractivity contribution in [2.24, 2.45) is 17.3 Å². The van der Waals surface area contributed by atoms with Crippen molar-refractivity contribution in [2.75, 3.05) is 6.54 Å². The summed E-state index contributed by atoms with van der Waals surface area (Å²) in [7, 11) is 0. The third-order valence-corrected chi connectivity index (χ3v) is 4.10. The third-order valence-electron chi connectivity index (χ3n) is 4.10. The summed E-state index contributed by atoms with van der Waals surface area (Å²) in [6.07, 6.45) is 3.57. The SMILES string of the molecule is CC1CC1CNC(=O)CC1(C(=O)O)CCC1. The fraction of sp³-hybridized carbons (Fsp3) is 0.833. The Morgan fingerprint density at radius 2 is 2.06 bits per heavy atom. The highest BCUT2D eigenvalue weighted by Crippen LogP contribution is 2.44. The molecule has 2 atom stereocenters. The topological polar surface area (TPSA) is 66.4 Å². The Balaban J connectivity index is 1.75. The predicted octanol–water partition coefficient (Wildman–Crippen LogP) is 1.40. The highest BCUT2D eigenvalue weighted by molar-refractivity contribution is 5.85. The van der Waals surface area contributed by atoms with Gasteiger partial charge < -0.3 is 10.4 Å². The summed E-state index contributed by atoms with van der Waals surface area (Å²) in [5.74, 6) is 0.429. The number of carbonyl (C=O) groups is 2. The lowest BCUT2D eigenvalue weighted by molar-refractivity contribution is -0.157. The zero-order valence-electron chi connectivity index (χ0n) is 9.66. The molecule has 0 aromatic rings. The minimum Gasteiger partial charge on any atom is -0.481 e. The van der Waals surface area contributed by atoms with Gasteiger partial charge in [-0.15, -0.1) is 0 Å². The van der Waals surface area contributed by atoms with Crippen LogP contribution in [0.3, 0.4) is 0 Å². The van der Waals surface area contributed by atoms with Gasteiger partial charge in [0.15, 0.2) is 0 Å². The van der Waals surface area contributed by atoms with Crippen molar-refractivity contribution in [3.63, 3.8) is 0 Å². The van der Waals surface area contributed by atoms with Gasteiger partial charge in [-0.1, -0.05) is 13.3 Å². The average molecular weight is 225 g/mol. The lowest BCUT2D eigenvalue weighted by atomic mass is 9.66. The normalized spacial score (nSPS) is 30.3. The van der Waals surface area contributed by atoms with Crippen molar-refractivity contribution in [1.29, 1.82) is 0 Å². The summed E-state index contributed by atoms with van der Waals surface area (Å²) in [6.45, 7) is 2.89. The maximum atomic E-state index is 11.6. The molecule has 0 aromatic carbocycles. The Kier molecular flexibility index (Phi) is 2.91. The van der Waals surface area contributed by atoms with Crippen LogP contribution >= 0.6 is 0 Å². The lowest BCUT2D eigenvalue weighted by Crippen LogP contribution is -2.42. The number of nitrogens with one attached hydrogen (secondary N) is 1. The van der Waals surface area contributed by atoms with Crippen molar-refractivity contribution >= 4 is 11.9 Å². The van der Waals surface area contributed by atoms with E-state index >= 15 is 0 Å². The molecule has 0 heterocycles. The second kappa shape index (κ2) is 4.07. The summed E-state index contributed by atoms with van der Waals surface area (Å²) in [5, 5.41) is 11.9. The molecule has 0 saturated heterocycles. The molecule has 0 aromatic heterocycles. The Hall–Kier alpha value is -1.06. The molecule has 0 radical (unpaired) electrons. The Bertz CT molecular complexity index is 309. The van der Waals surface area contributed by atoms with Gasteiger partial charge in [0.25, 0.3) is 0 Å². The maximum absolute atomic E-state index is 11.6. The minimum absolute atomic E-state index is 0.0961. The first kappa shape index (κ1) is 11.4. The monoisotopic (exact) mass is 225 g/mol. The van der Waals surface area contributed by atoms with Crippen molar-refractivity contribution < 1.29 is 14.7 Å². The van der Waals surface area contributed by atoms with E-state index in [4.69, 9.17) is 5.11 Å². The summed E-state index contributed by atoms with van der Waals surface area (Å²) in [5.41, 5.74) is -0.751. The van der Waals surface area contributed by atoms with Crippen molar-refractivity contribution in [3.05, 3.63) is 0 Å². The van der Waals surface area contributed by atoms with E-state index in [0.717, 1.165) is 18.9 Å². The molecular formula is C12H19NO3. The molecule has 4 nitrogen and oxygen atoms in total. The zero-order valence-corrected chi connectivity index (χ0v) is 9.66. The van der Waals surface area contributed by atoms with Crippen LogP contribution in [-0.2, 0) is 9.59 Å². The molecule has 4 heteroatoms. The van der Waals surface area contributed by atoms with Gasteiger partial charge in [-0.2, -0.15) is 0 Å². The molecular weight excluding hydrogens is 206 g/mol. The Morgan fingerprint density at radius 3 is 2.44 bits per heavy atom. The van der Waals surface area contributed by atoms with Crippen molar-refractivity contribution in [3.8, 4) is 0 Å². The number of rotatable bonds is 5. The third kappa shape index (κ3) is 2.20. The number of hydrogen-bond acceptors (Lipinski definition) is 2. The van der Waals surface area contributed by atoms with Crippen LogP contribution in [0.25, 0.3) is 0 Å². The fourth-order valence-electron chi connectivity index (χ4n) is 2.37. The second-order valence-electron chi connectivity index (χ2n) is 5.39. The van der Waals surface area contributed by atoms with Gasteiger partial charge >= 0.3 is 5.97 Å². The van der Waals surface area contributed by atoms with Crippen LogP contribution in [0.4, 0.5) is 0 Å². The minimum atomic E-state index is -0.811. The van der Waals surface area contributed by atoms with Crippen LogP contribution < -0.4 is 5.32 Å². The number of aliphatic carboxylic acids is 1. The highest BCUT2D eigenvalue weighted by Gasteiger charge is 2.46. The lowest BCUT2D eigenvalue weighted by Gasteiger charge is -2.36. The van der Waals surface area contributed by atoms with Gasteiger partial charge in [-0.05, 0) is 31.1 Å². The summed E-state index contributed by atoms with van der Waals surface area (Å²) >= 11 is 0. The highest BCUT2D eigenvalue weighted by atomic mass is 16.4. The molecule has 2 saturated carbocycles. The van der Waals surface area contributed by atoms with E-state index in [-0.39, 0.29) is 12.3 Å². The van der Waals surface area contributed by atoms with Crippen LogP contribution in [0, 0.1) is 17.3 Å². The standard InChI is InChI=1S/C12H19NO3/c1-8-5-9(8)7-13-10(14)6-12(11(15)16)3-2-4-12/h8-9H,2-7H2,1H3,(H,13,14)(H,15,16). The van der Waals surface area contributed by atoms with Gasteiger partial charge in [-0.3, -0.25) is 9.59 Å². The summed E-state index contributed by atoms with van der Waals surface area (Å²) in [6, 6.07) is 0. The van der Waals surface area contributed by atoms with E-state index in [2.05, 4.69) is 12.2 Å². The number of carboxylic acid groups (broad SMARTS) is 1. The molecule has 0 bridgehead atoms. The van der Waals surface area contributed by atoms with Gasteiger partial charge in [0, 0.05) is 13.0 Å². The fourth-order valence-corrected chi connectivity index (χ4v) is 2.37. The van der Waals surface area contributed by atoms with Crippen LogP contribution in [-0.4, -0.2) is 23.5 Å². The van der Waals surface area contributed by atoms with Crippen molar-refractivity contribution in [2.45, 2.75) is 39.0 Å². The van der Waals surface area contributed by atoms with Crippen LogP contribution in [0.15, 0.2) is 0 Å². The molecule has 0 spiro atoms. The largest absolute Gasteiger partial charge is 0.481 e. The first-order valence-corrected chi connectivity index (χ1v) is 6.04. The smallest absolute Gasteiger partial charge is 0.310 e. The quantitative estimate of drug-likeness (QED) is 0.743. The molecule has 2 aliphatic rings. The van der Waals surface area contributed by atoms with Gasteiger partial charge in [0.05, 0.1) is 5.41 Å². The van der Waals surface area contributed by atoms with E-state index in [1.54, 1.807) is 0 Å². The number of hydrogen-bond donors (Lipinski definition) is 2. The Labute approximate surface area is 95.4 Å². The van der Waals surface area contributed by atoms with E-state index < -0.39 is 11.4 Å². The number of carbonyl (C=O) groups excluding carboxylic acids is 1. The summed E-state index contributed by atoms with van der Waals surface area (Å²) < 4.78 is 0. The molecule has 2 fully saturated rings. The molecule has 0 aliphatic heterocycles. The van der Waals surface area contributed by atoms with Gasteiger partial charge in [0.2, 0.25) is 5.91 Å². The summed E-state index contributed by atoms with van der Waals surface area (Å²) in [4.78, 5) is 22.7. The van der Waals surface area contributed by atoms with Gasteiger partial charge in [-0.25, -0.2) is 0 Å². The zero-order chi connectivity index (χ0) is 11.8. The average Bonchev–Trinajstić information content (AvgIpc) is 2.84. The van der Waals surface area contributed by atoms with Crippen LogP contribution in [0.1, 0.15) is 39.0 Å². The van der Waals surface area contributed by atoms with Crippen LogP contribution in [0.5, 0.6) is 0 Å². The molecule has 2 N–H and O–H groups in total. The van der Waals surface area contributed by atoms with E-state index in [1.807, 2.05) is 0 Å². The number of amides is 1. The molecule has 2 unspecified atom stereocenters. The predicted molar refractivity (Wildman–Crippen MR) is 58.8 cm³/mol. The van der Waals surface area contributed by atoms with E-state index in [1.165, 1.54) is 6.42 Å². The molecule has 90 valence electrons. The second-order valence-corrected chi connectivity index (χ2v) is 5.39. The van der Waals surface area contributed by atoms with E-state index in [0.29, 0.717) is 18.8 Å². The van der Waals surface area contributed by atoms with E-state index in [9.17, 15) is 9.59 Å².